The van der Waals surface area contributed by atoms with E-state index >= 15 is 0 Å². The molecule has 1 heterocycles. The van der Waals surface area contributed by atoms with Gasteiger partial charge in [-0.3, -0.25) is 0 Å². The maximum absolute atomic E-state index is 11.2. The van der Waals surface area contributed by atoms with Crippen molar-refractivity contribution in [1.29, 1.82) is 0 Å². The maximum atomic E-state index is 11.2. The fraction of sp³-hybridized carbons (Fsp3) is 0.667. The standard InChI is InChI=1S/C15H23NO2/c1-9-5-10(2)7-13(6-9)16-11(3)8-14(12(16)4)15(17)18/h8-10,13H,5-7H2,1-4H3,(H,17,18). The lowest BCUT2D eigenvalue weighted by Crippen LogP contribution is -2.24. The summed E-state index contributed by atoms with van der Waals surface area (Å²) < 4.78 is 2.25. The third kappa shape index (κ3) is 2.31. The Morgan fingerprint density at radius 2 is 1.78 bits per heavy atom. The van der Waals surface area contributed by atoms with E-state index < -0.39 is 5.97 Å². The number of hydrogen-bond donors (Lipinski definition) is 1. The number of rotatable bonds is 2. The van der Waals surface area contributed by atoms with E-state index in [2.05, 4.69) is 18.4 Å². The molecule has 1 fully saturated rings. The molecular formula is C15H23NO2. The molecule has 0 amide bonds. The number of aryl methyl sites for hydroxylation is 1. The lowest BCUT2D eigenvalue weighted by molar-refractivity contribution is 0.0695. The number of nitrogens with zero attached hydrogens (tertiary/aromatic N) is 1. The number of hydrogen-bond acceptors (Lipinski definition) is 1. The van der Waals surface area contributed by atoms with E-state index in [1.807, 2.05) is 19.9 Å². The molecule has 0 aliphatic heterocycles. The van der Waals surface area contributed by atoms with E-state index in [1.54, 1.807) is 0 Å². The largest absolute Gasteiger partial charge is 0.478 e. The Morgan fingerprint density at radius 1 is 1.22 bits per heavy atom. The van der Waals surface area contributed by atoms with Crippen molar-refractivity contribution in [3.63, 3.8) is 0 Å². The van der Waals surface area contributed by atoms with E-state index in [0.717, 1.165) is 23.2 Å². The average molecular weight is 249 g/mol. The number of carboxylic acid groups (broad SMARTS) is 1. The molecule has 3 nitrogen and oxygen atoms in total. The predicted octanol–water partition coefficient (Wildman–Crippen LogP) is 3.80. The normalized spacial score (nSPS) is 28.3. The first-order valence-corrected chi connectivity index (χ1v) is 6.81. The van der Waals surface area contributed by atoms with Crippen molar-refractivity contribution in [1.82, 2.24) is 4.57 Å². The summed E-state index contributed by atoms with van der Waals surface area (Å²) in [5.74, 6) is 0.646. The summed E-state index contributed by atoms with van der Waals surface area (Å²) >= 11 is 0. The molecule has 2 atom stereocenters. The molecule has 0 aromatic carbocycles. The van der Waals surface area contributed by atoms with Crippen molar-refractivity contribution in [2.45, 2.75) is 53.0 Å². The molecule has 0 bridgehead atoms. The van der Waals surface area contributed by atoms with E-state index in [1.165, 1.54) is 19.3 Å². The van der Waals surface area contributed by atoms with Crippen LogP contribution in [0.3, 0.4) is 0 Å². The van der Waals surface area contributed by atoms with Crippen LogP contribution in [0.25, 0.3) is 0 Å². The molecule has 1 aromatic rings. The average Bonchev–Trinajstić information content (AvgIpc) is 2.52. The zero-order chi connectivity index (χ0) is 13.4. The van der Waals surface area contributed by atoms with E-state index in [-0.39, 0.29) is 0 Å². The van der Waals surface area contributed by atoms with Gasteiger partial charge in [0, 0.05) is 17.4 Å². The molecule has 1 aliphatic rings. The molecule has 2 unspecified atom stereocenters. The lowest BCUT2D eigenvalue weighted by atomic mass is 9.80. The summed E-state index contributed by atoms with van der Waals surface area (Å²) in [7, 11) is 0. The van der Waals surface area contributed by atoms with Crippen molar-refractivity contribution in [2.24, 2.45) is 11.8 Å². The molecule has 1 saturated carbocycles. The van der Waals surface area contributed by atoms with Crippen LogP contribution in [0.15, 0.2) is 6.07 Å². The molecule has 1 aromatic heterocycles. The highest BCUT2D eigenvalue weighted by Crippen LogP contribution is 2.38. The zero-order valence-corrected chi connectivity index (χ0v) is 11.7. The molecule has 18 heavy (non-hydrogen) atoms. The molecule has 3 heteroatoms. The molecule has 0 radical (unpaired) electrons. The van der Waals surface area contributed by atoms with E-state index in [4.69, 9.17) is 0 Å². The third-order valence-corrected chi connectivity index (χ3v) is 4.23. The minimum Gasteiger partial charge on any atom is -0.478 e. The Labute approximate surface area is 109 Å². The topological polar surface area (TPSA) is 42.2 Å². The third-order valence-electron chi connectivity index (χ3n) is 4.23. The second-order valence-electron chi connectivity index (χ2n) is 6.03. The van der Waals surface area contributed by atoms with Gasteiger partial charge >= 0.3 is 5.97 Å². The van der Waals surface area contributed by atoms with Gasteiger partial charge in [-0.05, 0) is 51.0 Å². The summed E-state index contributed by atoms with van der Waals surface area (Å²) in [6.07, 6.45) is 3.63. The van der Waals surface area contributed by atoms with Gasteiger partial charge in [-0.15, -0.1) is 0 Å². The minimum absolute atomic E-state index is 0.457. The Morgan fingerprint density at radius 3 is 2.22 bits per heavy atom. The minimum atomic E-state index is -0.814. The van der Waals surface area contributed by atoms with Crippen molar-refractivity contribution in [3.05, 3.63) is 23.0 Å². The molecule has 0 spiro atoms. The van der Waals surface area contributed by atoms with Gasteiger partial charge in [-0.1, -0.05) is 13.8 Å². The van der Waals surface area contributed by atoms with Crippen LogP contribution in [-0.2, 0) is 0 Å². The van der Waals surface area contributed by atoms with Gasteiger partial charge in [-0.25, -0.2) is 4.79 Å². The summed E-state index contributed by atoms with van der Waals surface area (Å²) in [5.41, 5.74) is 2.45. The van der Waals surface area contributed by atoms with Gasteiger partial charge in [0.15, 0.2) is 0 Å². The number of aromatic carboxylic acids is 1. The molecule has 0 saturated heterocycles. The van der Waals surface area contributed by atoms with Crippen LogP contribution >= 0.6 is 0 Å². The first-order valence-electron chi connectivity index (χ1n) is 6.81. The van der Waals surface area contributed by atoms with Crippen LogP contribution in [-0.4, -0.2) is 15.6 Å². The highest BCUT2D eigenvalue weighted by Gasteiger charge is 2.28. The first kappa shape index (κ1) is 13.2. The van der Waals surface area contributed by atoms with Crippen LogP contribution in [0.2, 0.25) is 0 Å². The van der Waals surface area contributed by atoms with Gasteiger partial charge in [0.2, 0.25) is 0 Å². The number of carbonyl (C=O) groups is 1. The molecule has 1 N–H and O–H groups in total. The second-order valence-corrected chi connectivity index (χ2v) is 6.03. The highest BCUT2D eigenvalue weighted by molar-refractivity contribution is 5.89. The van der Waals surface area contributed by atoms with Crippen molar-refractivity contribution < 1.29 is 9.90 Å². The van der Waals surface area contributed by atoms with Gasteiger partial charge in [-0.2, -0.15) is 0 Å². The van der Waals surface area contributed by atoms with E-state index in [0.29, 0.717) is 11.6 Å². The Hall–Kier alpha value is -1.25. The Bertz CT molecular complexity index is 451. The molecule has 1 aliphatic carbocycles. The first-order chi connectivity index (χ1) is 8.40. The summed E-state index contributed by atoms with van der Waals surface area (Å²) in [5, 5.41) is 9.19. The SMILES string of the molecule is Cc1cc(C(=O)O)c(C)n1C1CC(C)CC(C)C1. The molecular weight excluding hydrogens is 226 g/mol. The number of carboxylic acids is 1. The van der Waals surface area contributed by atoms with Gasteiger partial charge < -0.3 is 9.67 Å². The Kier molecular flexibility index (Phi) is 3.51. The van der Waals surface area contributed by atoms with Gasteiger partial charge in [0.1, 0.15) is 0 Å². The second kappa shape index (κ2) is 4.79. The van der Waals surface area contributed by atoms with Crippen LogP contribution in [0.1, 0.15) is 60.9 Å². The molecule has 100 valence electrons. The van der Waals surface area contributed by atoms with Crippen LogP contribution < -0.4 is 0 Å². The van der Waals surface area contributed by atoms with Crippen LogP contribution in [0.4, 0.5) is 0 Å². The zero-order valence-electron chi connectivity index (χ0n) is 11.7. The Balaban J connectivity index is 2.35. The summed E-state index contributed by atoms with van der Waals surface area (Å²) in [6, 6.07) is 2.28. The fourth-order valence-electron chi connectivity index (χ4n) is 3.67. The quantitative estimate of drug-likeness (QED) is 0.866. The lowest BCUT2D eigenvalue weighted by Gasteiger charge is -2.34. The van der Waals surface area contributed by atoms with Crippen LogP contribution in [0, 0.1) is 25.7 Å². The van der Waals surface area contributed by atoms with Gasteiger partial charge in [0.25, 0.3) is 0 Å². The van der Waals surface area contributed by atoms with Crippen molar-refractivity contribution in [2.75, 3.05) is 0 Å². The predicted molar refractivity (Wildman–Crippen MR) is 72.1 cm³/mol. The summed E-state index contributed by atoms with van der Waals surface area (Å²) in [4.78, 5) is 11.2. The van der Waals surface area contributed by atoms with Crippen molar-refractivity contribution >= 4 is 5.97 Å². The monoisotopic (exact) mass is 249 g/mol. The summed E-state index contributed by atoms with van der Waals surface area (Å²) in [6.45, 7) is 8.55. The molecule has 2 rings (SSSR count). The smallest absolute Gasteiger partial charge is 0.337 e. The number of aromatic nitrogens is 1. The van der Waals surface area contributed by atoms with Gasteiger partial charge in [0.05, 0.1) is 5.56 Å². The van der Waals surface area contributed by atoms with Crippen molar-refractivity contribution in [3.8, 4) is 0 Å². The van der Waals surface area contributed by atoms with E-state index in [9.17, 15) is 9.90 Å². The maximum Gasteiger partial charge on any atom is 0.337 e. The van der Waals surface area contributed by atoms with Crippen LogP contribution in [0.5, 0.6) is 0 Å². The fourth-order valence-corrected chi connectivity index (χ4v) is 3.67. The highest BCUT2D eigenvalue weighted by atomic mass is 16.4.